The molecule has 3 fully saturated rings. The van der Waals surface area contributed by atoms with Gasteiger partial charge in [0.2, 0.25) is 0 Å². The van der Waals surface area contributed by atoms with E-state index in [0.29, 0.717) is 35.2 Å². The fourth-order valence-corrected chi connectivity index (χ4v) is 5.51. The monoisotopic (exact) mass is 482 g/mol. The molecule has 2 bridgehead atoms. The quantitative estimate of drug-likeness (QED) is 0.605. The number of fused-ring (bicyclic) bond motifs is 4. The Morgan fingerprint density at radius 1 is 1.17 bits per heavy atom. The van der Waals surface area contributed by atoms with Gasteiger partial charge in [0.25, 0.3) is 0 Å². The van der Waals surface area contributed by atoms with E-state index in [0.717, 1.165) is 38.0 Å². The normalized spacial score (nSPS) is 26.6. The average Bonchev–Trinajstić information content (AvgIpc) is 2.82. The third kappa shape index (κ3) is 4.96. The lowest BCUT2D eigenvalue weighted by Crippen LogP contribution is -2.53. The van der Waals surface area contributed by atoms with E-state index in [1.54, 1.807) is 12.1 Å². The summed E-state index contributed by atoms with van der Waals surface area (Å²) >= 11 is 0. The van der Waals surface area contributed by atoms with Crippen molar-refractivity contribution in [3.05, 3.63) is 47.8 Å². The van der Waals surface area contributed by atoms with Gasteiger partial charge >= 0.3 is 6.09 Å². The van der Waals surface area contributed by atoms with Gasteiger partial charge in [-0.2, -0.15) is 0 Å². The number of nitrogens with zero attached hydrogens (tertiary/aromatic N) is 1. The molecule has 1 amide bonds. The second-order valence-electron chi connectivity index (χ2n) is 11.0. The molecule has 2 atom stereocenters. The molecule has 3 saturated heterocycles. The molecular formula is C28H35FN2O4. The van der Waals surface area contributed by atoms with Gasteiger partial charge in [-0.3, -0.25) is 4.90 Å². The van der Waals surface area contributed by atoms with Gasteiger partial charge in [0, 0.05) is 23.1 Å². The summed E-state index contributed by atoms with van der Waals surface area (Å²) < 4.78 is 32.4. The van der Waals surface area contributed by atoms with Crippen LogP contribution in [0.4, 0.5) is 9.18 Å². The molecule has 4 aliphatic rings. The first-order valence-corrected chi connectivity index (χ1v) is 12.6. The third-order valence-electron chi connectivity index (χ3n) is 7.44. The number of hydrogen-bond acceptors (Lipinski definition) is 5. The Kier molecular flexibility index (Phi) is 6.38. The fourth-order valence-electron chi connectivity index (χ4n) is 5.51. The summed E-state index contributed by atoms with van der Waals surface area (Å²) in [7, 11) is 0. The average molecular weight is 483 g/mol. The molecule has 6 nitrogen and oxygen atoms in total. The van der Waals surface area contributed by atoms with Gasteiger partial charge in [-0.05, 0) is 75.5 Å². The van der Waals surface area contributed by atoms with Crippen LogP contribution >= 0.6 is 0 Å². The number of hydrogen-bond donors (Lipinski definition) is 1. The molecule has 4 aliphatic heterocycles. The van der Waals surface area contributed by atoms with Gasteiger partial charge in [0.15, 0.2) is 0 Å². The van der Waals surface area contributed by atoms with Crippen molar-refractivity contribution in [3.8, 4) is 22.6 Å². The fraction of sp³-hybridized carbons (Fsp3) is 0.536. The molecule has 1 unspecified atom stereocenters. The summed E-state index contributed by atoms with van der Waals surface area (Å²) in [6.07, 6.45) is 1.74. The maximum absolute atomic E-state index is 14.7. The maximum Gasteiger partial charge on any atom is 0.407 e. The molecular weight excluding hydrogens is 447 g/mol. The van der Waals surface area contributed by atoms with Crippen molar-refractivity contribution in [1.82, 2.24) is 10.2 Å². The molecule has 35 heavy (non-hydrogen) atoms. The number of piperidine rings is 3. The van der Waals surface area contributed by atoms with Gasteiger partial charge in [0.1, 0.15) is 23.4 Å². The van der Waals surface area contributed by atoms with Crippen molar-refractivity contribution < 1.29 is 23.4 Å². The second-order valence-corrected chi connectivity index (χ2v) is 11.0. The number of halogens is 1. The van der Waals surface area contributed by atoms with Crippen molar-refractivity contribution in [2.75, 3.05) is 26.2 Å². The van der Waals surface area contributed by atoms with Crippen molar-refractivity contribution in [2.24, 2.45) is 11.3 Å². The van der Waals surface area contributed by atoms with Gasteiger partial charge < -0.3 is 19.5 Å². The molecule has 0 spiro atoms. The highest BCUT2D eigenvalue weighted by Crippen LogP contribution is 2.44. The molecule has 0 aliphatic carbocycles. The molecule has 4 heterocycles. The first-order chi connectivity index (χ1) is 16.7. The summed E-state index contributed by atoms with van der Waals surface area (Å²) in [5.74, 6) is 1.39. The molecule has 2 aromatic rings. The van der Waals surface area contributed by atoms with Crippen LogP contribution in [0.3, 0.4) is 0 Å². The Balaban J connectivity index is 1.36. The van der Waals surface area contributed by atoms with E-state index >= 15 is 0 Å². The maximum atomic E-state index is 14.7. The van der Waals surface area contributed by atoms with Crippen LogP contribution in [0.2, 0.25) is 0 Å². The number of nitrogens with one attached hydrogen (secondary N) is 1. The summed E-state index contributed by atoms with van der Waals surface area (Å²) in [6, 6.07) is 10.1. The zero-order valence-corrected chi connectivity index (χ0v) is 21.0. The number of ether oxygens (including phenoxy) is 3. The first-order valence-electron chi connectivity index (χ1n) is 12.6. The molecule has 0 aromatic heterocycles. The Labute approximate surface area is 206 Å². The Hall–Kier alpha value is -2.80. The van der Waals surface area contributed by atoms with Gasteiger partial charge in [-0.1, -0.05) is 26.0 Å². The largest absolute Gasteiger partial charge is 0.493 e. The molecule has 7 heteroatoms. The van der Waals surface area contributed by atoms with Gasteiger partial charge in [-0.25, -0.2) is 9.18 Å². The van der Waals surface area contributed by atoms with E-state index < -0.39 is 0 Å². The number of amides is 1. The van der Waals surface area contributed by atoms with Crippen molar-refractivity contribution >= 4 is 6.09 Å². The number of benzene rings is 2. The van der Waals surface area contributed by atoms with Crippen LogP contribution < -0.4 is 14.8 Å². The molecule has 1 N–H and O–H groups in total. The molecule has 0 radical (unpaired) electrons. The molecule has 6 rings (SSSR count). The van der Waals surface area contributed by atoms with Crippen LogP contribution in [-0.4, -0.2) is 49.4 Å². The van der Waals surface area contributed by atoms with Crippen LogP contribution in [0.1, 0.15) is 52.1 Å². The predicted octanol–water partition coefficient (Wildman–Crippen LogP) is 5.56. The number of rotatable bonds is 5. The van der Waals surface area contributed by atoms with Crippen LogP contribution in [0.5, 0.6) is 11.5 Å². The van der Waals surface area contributed by atoms with Crippen LogP contribution in [-0.2, 0) is 4.74 Å². The minimum absolute atomic E-state index is 0.00466. The van der Waals surface area contributed by atoms with E-state index in [1.165, 1.54) is 6.07 Å². The van der Waals surface area contributed by atoms with Crippen molar-refractivity contribution in [3.63, 3.8) is 0 Å². The summed E-state index contributed by atoms with van der Waals surface area (Å²) in [4.78, 5) is 15.3. The Morgan fingerprint density at radius 2 is 1.94 bits per heavy atom. The Morgan fingerprint density at radius 3 is 2.63 bits per heavy atom. The highest BCUT2D eigenvalue weighted by Gasteiger charge is 2.41. The minimum Gasteiger partial charge on any atom is -0.493 e. The lowest BCUT2D eigenvalue weighted by molar-refractivity contribution is -0.0361. The standard InChI is InChI=1S/C28H35FN2O4/c1-17(2)34-20-6-8-23(29)22(14-20)19-5-7-21-24(13-19)33-16-28(3,4)26(21)30-27(32)35-25-15-31-11-9-18(25)10-12-31/h5-8,13-14,17-18,25-26H,9-12,15-16H2,1-4H3,(H,30,32)/t25-,26?/m1/s1. The van der Waals surface area contributed by atoms with E-state index in [-0.39, 0.29) is 35.6 Å². The molecule has 2 aromatic carbocycles. The van der Waals surface area contributed by atoms with E-state index in [2.05, 4.69) is 24.1 Å². The molecule has 0 saturated carbocycles. The SMILES string of the molecule is CC(C)Oc1ccc(F)c(-c2ccc3c(c2)OCC(C)(C)C3NC(=O)O[C@@H]2CN3CCC2CC3)c1. The first kappa shape index (κ1) is 23.9. The topological polar surface area (TPSA) is 60.0 Å². The number of carbonyl (C=O) groups is 1. The zero-order chi connectivity index (χ0) is 24.7. The van der Waals surface area contributed by atoms with Gasteiger partial charge in [-0.15, -0.1) is 0 Å². The Bertz CT molecular complexity index is 1090. The zero-order valence-electron chi connectivity index (χ0n) is 21.0. The highest BCUT2D eigenvalue weighted by atomic mass is 19.1. The second kappa shape index (κ2) is 9.34. The van der Waals surface area contributed by atoms with Crippen LogP contribution in [0.15, 0.2) is 36.4 Å². The van der Waals surface area contributed by atoms with E-state index in [1.807, 2.05) is 32.0 Å². The number of alkyl carbamates (subject to hydrolysis) is 1. The lowest BCUT2D eigenvalue weighted by atomic mass is 9.78. The van der Waals surface area contributed by atoms with Crippen LogP contribution in [0.25, 0.3) is 11.1 Å². The summed E-state index contributed by atoms with van der Waals surface area (Å²) in [5.41, 5.74) is 1.68. The summed E-state index contributed by atoms with van der Waals surface area (Å²) in [6.45, 7) is 11.4. The molecule has 188 valence electrons. The van der Waals surface area contributed by atoms with Crippen molar-refractivity contribution in [2.45, 2.75) is 58.8 Å². The van der Waals surface area contributed by atoms with Gasteiger partial charge in [0.05, 0.1) is 18.8 Å². The predicted molar refractivity (Wildman–Crippen MR) is 132 cm³/mol. The van der Waals surface area contributed by atoms with Crippen LogP contribution in [0, 0.1) is 17.2 Å². The third-order valence-corrected chi connectivity index (χ3v) is 7.44. The lowest BCUT2D eigenvalue weighted by Gasteiger charge is -2.44. The van der Waals surface area contributed by atoms with E-state index in [4.69, 9.17) is 14.2 Å². The van der Waals surface area contributed by atoms with E-state index in [9.17, 15) is 9.18 Å². The minimum atomic E-state index is -0.386. The van der Waals surface area contributed by atoms with Crippen molar-refractivity contribution in [1.29, 1.82) is 0 Å². The highest BCUT2D eigenvalue weighted by molar-refractivity contribution is 5.71. The smallest absolute Gasteiger partial charge is 0.407 e. The number of carbonyl (C=O) groups excluding carboxylic acids is 1. The summed E-state index contributed by atoms with van der Waals surface area (Å²) in [5, 5.41) is 3.12.